The molecule has 0 spiro atoms. The highest BCUT2D eigenvalue weighted by molar-refractivity contribution is 7.89. The van der Waals surface area contributed by atoms with Gasteiger partial charge in [-0.25, -0.2) is 17.5 Å². The van der Waals surface area contributed by atoms with Gasteiger partial charge in [-0.1, -0.05) is 30.3 Å². The molecule has 1 N–H and O–H groups in total. The van der Waals surface area contributed by atoms with Gasteiger partial charge in [-0.3, -0.25) is 4.79 Å². The maximum Gasteiger partial charge on any atom is 0.260 e. The number of halogens is 1. The number of nitrogens with zero attached hydrogens (tertiary/aromatic N) is 2. The normalized spacial score (nSPS) is 14.1. The zero-order valence-electron chi connectivity index (χ0n) is 18.6. The number of carbonyl (C=O) groups excluding carboxylic acids is 1. The van der Waals surface area contributed by atoms with Crippen molar-refractivity contribution in [1.82, 2.24) is 9.62 Å². The van der Waals surface area contributed by atoms with E-state index in [0.717, 1.165) is 11.3 Å². The van der Waals surface area contributed by atoms with Gasteiger partial charge in [-0.2, -0.15) is 0 Å². The molecule has 7 nitrogen and oxygen atoms in total. The Morgan fingerprint density at radius 1 is 0.882 bits per heavy atom. The van der Waals surface area contributed by atoms with Crippen LogP contribution in [0.5, 0.6) is 5.75 Å². The Labute approximate surface area is 198 Å². The third kappa shape index (κ3) is 6.12. The number of sulfonamides is 1. The summed E-state index contributed by atoms with van der Waals surface area (Å²) in [4.78, 5) is 16.5. The first kappa shape index (κ1) is 23.7. The Balaban J connectivity index is 1.24. The van der Waals surface area contributed by atoms with Crippen molar-refractivity contribution in [1.29, 1.82) is 0 Å². The Kier molecular flexibility index (Phi) is 7.44. The first-order valence-corrected chi connectivity index (χ1v) is 12.4. The van der Waals surface area contributed by atoms with Crippen LogP contribution in [0.4, 0.5) is 10.1 Å². The fraction of sp³-hybridized carbons (Fsp3) is 0.240. The van der Waals surface area contributed by atoms with Crippen molar-refractivity contribution in [2.24, 2.45) is 0 Å². The molecule has 4 rings (SSSR count). The first-order chi connectivity index (χ1) is 16.4. The average molecular weight is 484 g/mol. The summed E-state index contributed by atoms with van der Waals surface area (Å²) in [6.45, 7) is 2.47. The van der Waals surface area contributed by atoms with Crippen molar-refractivity contribution < 1.29 is 22.3 Å². The van der Waals surface area contributed by atoms with Crippen molar-refractivity contribution in [3.05, 3.63) is 90.2 Å². The smallest absolute Gasteiger partial charge is 0.260 e. The zero-order valence-corrected chi connectivity index (χ0v) is 19.4. The van der Waals surface area contributed by atoms with Crippen LogP contribution in [0.25, 0.3) is 0 Å². The molecule has 0 radical (unpaired) electrons. The monoisotopic (exact) mass is 483 g/mol. The third-order valence-electron chi connectivity index (χ3n) is 5.63. The molecular weight excluding hydrogens is 457 g/mol. The number of amides is 1. The number of nitrogens with one attached hydrogen (secondary N) is 1. The molecule has 3 aromatic carbocycles. The minimum Gasteiger partial charge on any atom is -0.484 e. The molecule has 3 aromatic rings. The van der Waals surface area contributed by atoms with Gasteiger partial charge in [-0.15, -0.1) is 0 Å². The van der Waals surface area contributed by atoms with Crippen LogP contribution in [0.15, 0.2) is 83.8 Å². The second-order valence-electron chi connectivity index (χ2n) is 7.91. The lowest BCUT2D eigenvalue weighted by molar-refractivity contribution is -0.133. The van der Waals surface area contributed by atoms with Crippen LogP contribution >= 0.6 is 0 Å². The topological polar surface area (TPSA) is 78.9 Å². The summed E-state index contributed by atoms with van der Waals surface area (Å²) in [5.41, 5.74) is 1.79. The van der Waals surface area contributed by atoms with E-state index in [9.17, 15) is 17.6 Å². The van der Waals surface area contributed by atoms with Gasteiger partial charge in [0.15, 0.2) is 6.61 Å². The minimum absolute atomic E-state index is 0.124. The maximum atomic E-state index is 13.1. The summed E-state index contributed by atoms with van der Waals surface area (Å²) in [7, 11) is -3.66. The van der Waals surface area contributed by atoms with E-state index in [4.69, 9.17) is 4.74 Å². The van der Waals surface area contributed by atoms with E-state index in [0.29, 0.717) is 31.9 Å². The fourth-order valence-electron chi connectivity index (χ4n) is 3.67. The molecule has 0 bridgehead atoms. The van der Waals surface area contributed by atoms with E-state index in [1.54, 1.807) is 17.0 Å². The molecule has 1 aliphatic rings. The number of anilines is 1. The summed E-state index contributed by atoms with van der Waals surface area (Å²) in [5.74, 6) is 0.00378. The number of carbonyl (C=O) groups is 1. The van der Waals surface area contributed by atoms with Crippen LogP contribution in [-0.4, -0.2) is 52.0 Å². The summed E-state index contributed by atoms with van der Waals surface area (Å²) in [6, 6.07) is 21.6. The van der Waals surface area contributed by atoms with Crippen LogP contribution in [-0.2, 0) is 21.4 Å². The highest BCUT2D eigenvalue weighted by Gasteiger charge is 2.22. The molecule has 0 saturated carbocycles. The minimum atomic E-state index is -3.66. The molecule has 0 atom stereocenters. The van der Waals surface area contributed by atoms with Crippen LogP contribution in [0.3, 0.4) is 0 Å². The van der Waals surface area contributed by atoms with Crippen molar-refractivity contribution in [3.63, 3.8) is 0 Å². The van der Waals surface area contributed by atoms with Gasteiger partial charge in [0.05, 0.1) is 4.90 Å². The lowest BCUT2D eigenvalue weighted by Gasteiger charge is -2.36. The number of piperazine rings is 1. The second kappa shape index (κ2) is 10.7. The van der Waals surface area contributed by atoms with Crippen LogP contribution < -0.4 is 14.4 Å². The second-order valence-corrected chi connectivity index (χ2v) is 9.68. The Morgan fingerprint density at radius 3 is 2.18 bits per heavy atom. The molecular formula is C25H26FN3O4S. The Morgan fingerprint density at radius 2 is 1.53 bits per heavy atom. The average Bonchev–Trinajstić information content (AvgIpc) is 2.87. The number of ether oxygens (including phenoxy) is 1. The predicted octanol–water partition coefficient (Wildman–Crippen LogP) is 3.03. The Bertz CT molecular complexity index is 1200. The third-order valence-corrected chi connectivity index (χ3v) is 7.05. The van der Waals surface area contributed by atoms with Gasteiger partial charge in [0.25, 0.3) is 5.91 Å². The number of rotatable bonds is 8. The first-order valence-electron chi connectivity index (χ1n) is 11.0. The molecule has 1 fully saturated rings. The van der Waals surface area contributed by atoms with Crippen molar-refractivity contribution >= 4 is 21.6 Å². The molecule has 1 heterocycles. The van der Waals surface area contributed by atoms with Gasteiger partial charge >= 0.3 is 0 Å². The summed E-state index contributed by atoms with van der Waals surface area (Å²) >= 11 is 0. The van der Waals surface area contributed by atoms with Crippen LogP contribution in [0, 0.1) is 5.82 Å². The van der Waals surface area contributed by atoms with E-state index in [1.807, 2.05) is 30.3 Å². The molecule has 0 aliphatic carbocycles. The highest BCUT2D eigenvalue weighted by atomic mass is 32.2. The lowest BCUT2D eigenvalue weighted by Crippen LogP contribution is -2.50. The van der Waals surface area contributed by atoms with Gasteiger partial charge in [0, 0.05) is 38.4 Å². The molecule has 34 heavy (non-hydrogen) atoms. The Hall–Kier alpha value is -3.43. The van der Waals surface area contributed by atoms with Gasteiger partial charge in [0.1, 0.15) is 11.6 Å². The SMILES string of the molecule is O=C(COc1ccc(S(=O)(=O)NCc2ccccc2)cc1)N1CCN(c2ccc(F)cc2)CC1. The maximum absolute atomic E-state index is 13.1. The number of benzene rings is 3. The number of hydrogen-bond donors (Lipinski definition) is 1. The zero-order chi connectivity index (χ0) is 24.0. The van der Waals surface area contributed by atoms with Crippen molar-refractivity contribution in [2.45, 2.75) is 11.4 Å². The molecule has 178 valence electrons. The molecule has 1 saturated heterocycles. The van der Waals surface area contributed by atoms with Gasteiger partial charge in [0.2, 0.25) is 10.0 Å². The fourth-order valence-corrected chi connectivity index (χ4v) is 4.69. The molecule has 9 heteroatoms. The lowest BCUT2D eigenvalue weighted by atomic mass is 10.2. The van der Waals surface area contributed by atoms with E-state index < -0.39 is 10.0 Å². The molecule has 0 aromatic heterocycles. The quantitative estimate of drug-likeness (QED) is 0.533. The van der Waals surface area contributed by atoms with Crippen LogP contribution in [0.1, 0.15) is 5.56 Å². The van der Waals surface area contributed by atoms with Crippen LogP contribution in [0.2, 0.25) is 0 Å². The van der Waals surface area contributed by atoms with E-state index in [-0.39, 0.29) is 29.8 Å². The van der Waals surface area contributed by atoms with E-state index in [2.05, 4.69) is 9.62 Å². The molecule has 1 amide bonds. The summed E-state index contributed by atoms with van der Waals surface area (Å²) in [5, 5.41) is 0. The highest BCUT2D eigenvalue weighted by Crippen LogP contribution is 2.18. The van der Waals surface area contributed by atoms with Gasteiger partial charge in [-0.05, 0) is 54.1 Å². The molecule has 1 aliphatic heterocycles. The summed E-state index contributed by atoms with van der Waals surface area (Å²) < 4.78 is 46.3. The predicted molar refractivity (Wildman–Crippen MR) is 128 cm³/mol. The van der Waals surface area contributed by atoms with Crippen molar-refractivity contribution in [3.8, 4) is 5.75 Å². The standard InChI is InChI=1S/C25H26FN3O4S/c26-21-6-8-22(9-7-21)28-14-16-29(17-15-28)25(30)19-33-23-10-12-24(13-11-23)34(31,32)27-18-20-4-2-1-3-5-20/h1-13,27H,14-19H2. The number of hydrogen-bond acceptors (Lipinski definition) is 5. The van der Waals surface area contributed by atoms with Gasteiger partial charge < -0.3 is 14.5 Å². The van der Waals surface area contributed by atoms with E-state index >= 15 is 0 Å². The van der Waals surface area contributed by atoms with Crippen molar-refractivity contribution in [2.75, 3.05) is 37.7 Å². The molecule has 0 unspecified atom stereocenters. The summed E-state index contributed by atoms with van der Waals surface area (Å²) in [6.07, 6.45) is 0. The van der Waals surface area contributed by atoms with E-state index in [1.165, 1.54) is 36.4 Å². The largest absolute Gasteiger partial charge is 0.484 e.